The van der Waals surface area contributed by atoms with Gasteiger partial charge in [0.15, 0.2) is 0 Å². The molecule has 10 nitrogen and oxygen atoms in total. The lowest BCUT2D eigenvalue weighted by molar-refractivity contribution is -0.140. The fourth-order valence-corrected chi connectivity index (χ4v) is 6.00. The van der Waals surface area contributed by atoms with Crippen molar-refractivity contribution < 1.29 is 28.5 Å². The normalized spacial score (nSPS) is 12.7. The molecule has 4 aromatic rings. The number of hydrogen-bond acceptors (Lipinski definition) is 8. The van der Waals surface area contributed by atoms with Crippen molar-refractivity contribution in [1.29, 1.82) is 5.26 Å². The van der Waals surface area contributed by atoms with Gasteiger partial charge >= 0.3 is 12.1 Å². The summed E-state index contributed by atoms with van der Waals surface area (Å²) in [5, 5.41) is 10.4. The number of esters is 1. The molecular formula is C33H42N4O6Si. The molecular weight excluding hydrogens is 576 g/mol. The second kappa shape index (κ2) is 12.8. The Bertz CT molecular complexity index is 1740. The molecule has 0 radical (unpaired) electrons. The molecule has 0 saturated heterocycles. The number of nitrogens with zero attached hydrogens (tertiary/aromatic N) is 4. The molecule has 0 fully saturated rings. The topological polar surface area (TPSA) is 118 Å². The summed E-state index contributed by atoms with van der Waals surface area (Å²) in [6, 6.07) is 12.2. The van der Waals surface area contributed by atoms with Crippen LogP contribution in [0.15, 0.2) is 36.5 Å². The number of aromatic nitrogens is 3. The molecule has 2 aromatic carbocycles. The molecule has 0 N–H and O–H groups in total. The summed E-state index contributed by atoms with van der Waals surface area (Å²) in [5.41, 5.74) is 3.31. The fraction of sp³-hybridized carbons (Fsp3) is 0.455. The van der Waals surface area contributed by atoms with Gasteiger partial charge in [0, 0.05) is 31.8 Å². The van der Waals surface area contributed by atoms with Crippen molar-refractivity contribution in [3.63, 3.8) is 0 Å². The zero-order valence-electron chi connectivity index (χ0n) is 27.1. The first-order valence-corrected chi connectivity index (χ1v) is 18.3. The molecule has 1 atom stereocenters. The Morgan fingerprint density at radius 3 is 2.45 bits per heavy atom. The van der Waals surface area contributed by atoms with Crippen molar-refractivity contribution in [3.8, 4) is 11.8 Å². The Morgan fingerprint density at radius 2 is 1.84 bits per heavy atom. The van der Waals surface area contributed by atoms with E-state index in [1.807, 2.05) is 44.4 Å². The third kappa shape index (κ3) is 7.14. The van der Waals surface area contributed by atoms with Crippen LogP contribution in [0.25, 0.3) is 21.9 Å². The van der Waals surface area contributed by atoms with Gasteiger partial charge in [0.1, 0.15) is 23.9 Å². The predicted octanol–water partition coefficient (Wildman–Crippen LogP) is 6.97. The van der Waals surface area contributed by atoms with Gasteiger partial charge < -0.3 is 23.5 Å². The lowest BCUT2D eigenvalue weighted by Crippen LogP contribution is -2.27. The number of aryl methyl sites for hydroxylation is 1. The first-order valence-electron chi connectivity index (χ1n) is 14.6. The van der Waals surface area contributed by atoms with Crippen LogP contribution in [0.1, 0.15) is 55.6 Å². The third-order valence-corrected chi connectivity index (χ3v) is 9.06. The highest BCUT2D eigenvalue weighted by Gasteiger charge is 2.32. The Morgan fingerprint density at radius 1 is 1.11 bits per heavy atom. The standard InChI is InChI=1S/C33H42N4O6Si/c1-21-16-27(40-5)29(23-12-13-36(30(21)23)32(39)43-33(2,3)4)24(18-28(38)41-6)31-35-25-11-10-22(19-34)17-26(25)37(31)20-42-14-15-44(7,8)9/h10-13,16-17,24H,14-15,18,20H2,1-9H3. The van der Waals surface area contributed by atoms with Gasteiger partial charge in [0.2, 0.25) is 0 Å². The predicted molar refractivity (Wildman–Crippen MR) is 172 cm³/mol. The second-order valence-corrected chi connectivity index (χ2v) is 18.8. The van der Waals surface area contributed by atoms with E-state index < -0.39 is 31.7 Å². The van der Waals surface area contributed by atoms with E-state index in [0.717, 1.165) is 22.5 Å². The van der Waals surface area contributed by atoms with E-state index in [1.54, 1.807) is 31.5 Å². The number of carbonyl (C=O) groups excluding carboxylic acids is 2. The molecule has 0 saturated carbocycles. The van der Waals surface area contributed by atoms with Gasteiger partial charge in [-0.25, -0.2) is 9.78 Å². The molecule has 0 bridgehead atoms. The van der Waals surface area contributed by atoms with Gasteiger partial charge in [-0.05, 0) is 69.6 Å². The van der Waals surface area contributed by atoms with E-state index in [1.165, 1.54) is 11.7 Å². The first kappa shape index (κ1) is 32.8. The van der Waals surface area contributed by atoms with Crippen molar-refractivity contribution >= 4 is 42.1 Å². The minimum absolute atomic E-state index is 0.0496. The summed E-state index contributed by atoms with van der Waals surface area (Å²) < 4.78 is 26.4. The Labute approximate surface area is 259 Å². The summed E-state index contributed by atoms with van der Waals surface area (Å²) in [6.45, 7) is 15.0. The molecule has 0 aliphatic rings. The minimum Gasteiger partial charge on any atom is -0.496 e. The summed E-state index contributed by atoms with van der Waals surface area (Å²) in [4.78, 5) is 31.2. The molecule has 0 spiro atoms. The highest BCUT2D eigenvalue weighted by atomic mass is 28.3. The molecule has 2 aromatic heterocycles. The van der Waals surface area contributed by atoms with Crippen LogP contribution in [0.2, 0.25) is 25.7 Å². The van der Waals surface area contributed by atoms with Gasteiger partial charge in [-0.3, -0.25) is 9.36 Å². The first-order chi connectivity index (χ1) is 20.7. The Balaban J connectivity index is 1.97. The highest BCUT2D eigenvalue weighted by molar-refractivity contribution is 6.76. The van der Waals surface area contributed by atoms with E-state index in [2.05, 4.69) is 25.7 Å². The van der Waals surface area contributed by atoms with Crippen molar-refractivity contribution in [2.45, 2.75) is 78.1 Å². The summed E-state index contributed by atoms with van der Waals surface area (Å²) in [5.74, 6) is 0.0191. The Hall–Kier alpha value is -4.14. The Kier molecular flexibility index (Phi) is 9.56. The zero-order valence-corrected chi connectivity index (χ0v) is 28.1. The molecule has 0 aliphatic heterocycles. The molecule has 4 rings (SSSR count). The van der Waals surface area contributed by atoms with Crippen LogP contribution in [-0.2, 0) is 25.7 Å². The number of carbonyl (C=O) groups is 2. The molecule has 11 heteroatoms. The van der Waals surface area contributed by atoms with Crippen molar-refractivity contribution in [1.82, 2.24) is 14.1 Å². The summed E-state index contributed by atoms with van der Waals surface area (Å²) in [7, 11) is 1.58. The van der Waals surface area contributed by atoms with E-state index in [0.29, 0.717) is 40.3 Å². The lowest BCUT2D eigenvalue weighted by atomic mass is 9.89. The highest BCUT2D eigenvalue weighted by Crippen LogP contribution is 2.42. The number of imidazole rings is 1. The lowest BCUT2D eigenvalue weighted by Gasteiger charge is -2.23. The van der Waals surface area contributed by atoms with Gasteiger partial charge in [0.05, 0.1) is 54.7 Å². The second-order valence-electron chi connectivity index (χ2n) is 13.1. The van der Waals surface area contributed by atoms with E-state index >= 15 is 0 Å². The smallest absolute Gasteiger partial charge is 0.419 e. The van der Waals surface area contributed by atoms with Crippen molar-refractivity contribution in [2.24, 2.45) is 0 Å². The zero-order chi connectivity index (χ0) is 32.4. The van der Waals surface area contributed by atoms with E-state index in [9.17, 15) is 14.9 Å². The maximum Gasteiger partial charge on any atom is 0.419 e. The van der Waals surface area contributed by atoms with Crippen LogP contribution in [0.5, 0.6) is 5.75 Å². The average molecular weight is 619 g/mol. The molecule has 44 heavy (non-hydrogen) atoms. The number of nitriles is 1. The maximum absolute atomic E-state index is 13.2. The van der Waals surface area contributed by atoms with Crippen LogP contribution in [-0.4, -0.2) is 60.7 Å². The van der Waals surface area contributed by atoms with Gasteiger partial charge in [-0.2, -0.15) is 5.26 Å². The largest absolute Gasteiger partial charge is 0.496 e. The minimum atomic E-state index is -1.34. The average Bonchev–Trinajstić information content (AvgIpc) is 3.55. The summed E-state index contributed by atoms with van der Waals surface area (Å²) >= 11 is 0. The van der Waals surface area contributed by atoms with Crippen molar-refractivity contribution in [2.75, 3.05) is 20.8 Å². The van der Waals surface area contributed by atoms with Crippen LogP contribution >= 0.6 is 0 Å². The number of benzene rings is 2. The van der Waals surface area contributed by atoms with Crippen LogP contribution in [0.3, 0.4) is 0 Å². The summed E-state index contributed by atoms with van der Waals surface area (Å²) in [6.07, 6.45) is 1.11. The quantitative estimate of drug-likeness (QED) is 0.106. The van der Waals surface area contributed by atoms with E-state index in [4.69, 9.17) is 23.9 Å². The number of ether oxygens (including phenoxy) is 4. The SMILES string of the molecule is COC(=O)CC(c1c(OC)cc(C)c2c1ccn2C(=O)OC(C)(C)C)c1nc2ccc(C#N)cc2n1COCC[Si](C)(C)C. The molecule has 1 unspecified atom stereocenters. The monoisotopic (exact) mass is 618 g/mol. The molecule has 234 valence electrons. The number of rotatable bonds is 10. The molecule has 0 aliphatic carbocycles. The van der Waals surface area contributed by atoms with Gasteiger partial charge in [-0.15, -0.1) is 0 Å². The molecule has 0 amide bonds. The van der Waals surface area contributed by atoms with Crippen LogP contribution in [0, 0.1) is 18.3 Å². The molecule has 2 heterocycles. The maximum atomic E-state index is 13.2. The van der Waals surface area contributed by atoms with Crippen molar-refractivity contribution in [3.05, 3.63) is 59.0 Å². The number of hydrogen-bond donors (Lipinski definition) is 0. The van der Waals surface area contributed by atoms with Crippen LogP contribution < -0.4 is 4.74 Å². The number of methoxy groups -OCH3 is 2. The van der Waals surface area contributed by atoms with Crippen LogP contribution in [0.4, 0.5) is 4.79 Å². The van der Waals surface area contributed by atoms with Gasteiger partial charge in [-0.1, -0.05) is 19.6 Å². The van der Waals surface area contributed by atoms with Gasteiger partial charge in [0.25, 0.3) is 0 Å². The fourth-order valence-electron chi connectivity index (χ4n) is 5.24. The third-order valence-electron chi connectivity index (χ3n) is 7.36. The van der Waals surface area contributed by atoms with E-state index in [-0.39, 0.29) is 13.2 Å². The number of fused-ring (bicyclic) bond motifs is 2.